The number of aromatic nitrogens is 1. The molecule has 1 fully saturated rings. The lowest BCUT2D eigenvalue weighted by molar-refractivity contribution is -0.114. The molecule has 8 nitrogen and oxygen atoms in total. The van der Waals surface area contributed by atoms with Gasteiger partial charge in [0, 0.05) is 30.2 Å². The Kier molecular flexibility index (Phi) is 6.03. The molecule has 1 saturated heterocycles. The van der Waals surface area contributed by atoms with Gasteiger partial charge in [-0.25, -0.2) is 0 Å². The fraction of sp³-hybridized carbons (Fsp3) is 0.360. The third kappa shape index (κ3) is 4.04. The molecule has 4 heterocycles. The van der Waals surface area contributed by atoms with Crippen LogP contribution < -0.4 is 4.74 Å². The van der Waals surface area contributed by atoms with Gasteiger partial charge >= 0.3 is 0 Å². The zero-order chi connectivity index (χ0) is 23.8. The van der Waals surface area contributed by atoms with Gasteiger partial charge in [0.1, 0.15) is 5.75 Å². The zero-order valence-electron chi connectivity index (χ0n) is 19.7. The van der Waals surface area contributed by atoms with Crippen molar-refractivity contribution in [3.8, 4) is 11.4 Å². The molecule has 3 aliphatic rings. The van der Waals surface area contributed by atoms with Gasteiger partial charge in [0.05, 0.1) is 12.2 Å². The van der Waals surface area contributed by atoms with E-state index in [9.17, 15) is 4.79 Å². The van der Waals surface area contributed by atoms with Gasteiger partial charge in [-0.15, -0.1) is 5.10 Å². The second kappa shape index (κ2) is 9.13. The van der Waals surface area contributed by atoms with E-state index in [4.69, 9.17) is 10.1 Å². The van der Waals surface area contributed by atoms with Gasteiger partial charge in [0.25, 0.3) is 5.91 Å². The van der Waals surface area contributed by atoms with Gasteiger partial charge < -0.3 is 14.2 Å². The molecule has 2 aromatic rings. The number of piperidine rings is 1. The number of nitrogens with zero attached hydrogens (tertiary/aromatic N) is 5. The third-order valence-electron chi connectivity index (χ3n) is 6.25. The minimum Gasteiger partial charge on any atom is -0.494 e. The Labute approximate surface area is 203 Å². The molecule has 1 aromatic heterocycles. The number of rotatable bonds is 4. The highest BCUT2D eigenvalue weighted by atomic mass is 32.2. The fourth-order valence-corrected chi connectivity index (χ4v) is 5.48. The lowest BCUT2D eigenvalue weighted by Gasteiger charge is -2.26. The lowest BCUT2D eigenvalue weighted by atomic mass is 10.1. The number of carbonyl (C=O) groups is 1. The second-order valence-corrected chi connectivity index (χ2v) is 9.47. The second-order valence-electron chi connectivity index (χ2n) is 8.54. The summed E-state index contributed by atoms with van der Waals surface area (Å²) in [5.41, 5.74) is 4.16. The fourth-order valence-electron chi connectivity index (χ4n) is 4.54. The van der Waals surface area contributed by atoms with Crippen molar-refractivity contribution >= 4 is 39.9 Å². The lowest BCUT2D eigenvalue weighted by Crippen LogP contribution is -2.35. The first kappa shape index (κ1) is 22.5. The number of amides is 1. The number of likely N-dealkylation sites (tertiary alicyclic amines) is 1. The standard InChI is InChI=1S/C25H28N6O2S/c1-4-33-20-10-8-19(9-11-20)30-16(2)14-18(17(30)3)15-21-22(26)31-24(27-23(21)32)34-25(28-31)29-12-6-5-7-13-29/h8-11,14-15,26H,4-7,12-13H2,1-3H3/b21-15+,26-22?. The molecule has 0 atom stereocenters. The first-order valence-electron chi connectivity index (χ1n) is 11.6. The van der Waals surface area contributed by atoms with Crippen LogP contribution in [0.2, 0.25) is 0 Å². The number of amidine groups is 3. The van der Waals surface area contributed by atoms with E-state index in [2.05, 4.69) is 19.6 Å². The predicted molar refractivity (Wildman–Crippen MR) is 137 cm³/mol. The Hall–Kier alpha value is -3.33. The van der Waals surface area contributed by atoms with Crippen LogP contribution in [0.5, 0.6) is 5.75 Å². The molecule has 0 aliphatic carbocycles. The Morgan fingerprint density at radius 3 is 2.56 bits per heavy atom. The summed E-state index contributed by atoms with van der Waals surface area (Å²) in [6.45, 7) is 8.54. The number of fused-ring (bicyclic) bond motifs is 1. The van der Waals surface area contributed by atoms with Crippen LogP contribution in [0.1, 0.15) is 43.1 Å². The maximum absolute atomic E-state index is 12.9. The molecule has 0 radical (unpaired) electrons. The van der Waals surface area contributed by atoms with Crippen LogP contribution in [-0.4, -0.2) is 56.3 Å². The van der Waals surface area contributed by atoms with Crippen molar-refractivity contribution in [1.82, 2.24) is 14.5 Å². The molecule has 5 rings (SSSR count). The summed E-state index contributed by atoms with van der Waals surface area (Å²) >= 11 is 1.38. The number of ether oxygens (including phenoxy) is 1. The Balaban J connectivity index is 1.44. The molecular weight excluding hydrogens is 448 g/mol. The number of hydrazone groups is 1. The predicted octanol–water partition coefficient (Wildman–Crippen LogP) is 4.56. The quantitative estimate of drug-likeness (QED) is 0.654. The Morgan fingerprint density at radius 2 is 1.85 bits per heavy atom. The van der Waals surface area contributed by atoms with Crippen molar-refractivity contribution in [2.24, 2.45) is 10.1 Å². The first-order chi connectivity index (χ1) is 16.5. The van der Waals surface area contributed by atoms with Crippen LogP contribution in [-0.2, 0) is 4.79 Å². The normalized spacial score (nSPS) is 19.4. The van der Waals surface area contributed by atoms with Crippen molar-refractivity contribution in [1.29, 1.82) is 5.41 Å². The van der Waals surface area contributed by atoms with E-state index < -0.39 is 5.91 Å². The number of benzene rings is 1. The number of carbonyl (C=O) groups excluding carboxylic acids is 1. The molecule has 0 saturated carbocycles. The number of hydrogen-bond acceptors (Lipinski definition) is 6. The largest absolute Gasteiger partial charge is 0.494 e. The summed E-state index contributed by atoms with van der Waals surface area (Å²) in [6, 6.07) is 9.97. The number of hydrogen-bond donors (Lipinski definition) is 1. The van der Waals surface area contributed by atoms with Crippen molar-refractivity contribution < 1.29 is 9.53 Å². The zero-order valence-corrected chi connectivity index (χ0v) is 20.5. The minimum absolute atomic E-state index is 0.0698. The maximum atomic E-state index is 12.9. The van der Waals surface area contributed by atoms with Gasteiger partial charge in [-0.05, 0) is 93.8 Å². The van der Waals surface area contributed by atoms with E-state index in [1.807, 2.05) is 51.1 Å². The van der Waals surface area contributed by atoms with E-state index in [1.165, 1.54) is 23.2 Å². The summed E-state index contributed by atoms with van der Waals surface area (Å²) in [4.78, 5) is 19.4. The maximum Gasteiger partial charge on any atom is 0.283 e. The summed E-state index contributed by atoms with van der Waals surface area (Å²) in [5.74, 6) is 0.504. The molecule has 0 bridgehead atoms. The number of thioether (sulfide) groups is 1. The van der Waals surface area contributed by atoms with Crippen molar-refractivity contribution in [2.45, 2.75) is 40.0 Å². The Morgan fingerprint density at radius 1 is 1.12 bits per heavy atom. The summed E-state index contributed by atoms with van der Waals surface area (Å²) in [6.07, 6.45) is 5.27. The van der Waals surface area contributed by atoms with Gasteiger partial charge in [-0.2, -0.15) is 10.0 Å². The smallest absolute Gasteiger partial charge is 0.283 e. The number of nitrogens with one attached hydrogen (secondary N) is 1. The van der Waals surface area contributed by atoms with Crippen molar-refractivity contribution in [3.63, 3.8) is 0 Å². The molecule has 176 valence electrons. The van der Waals surface area contributed by atoms with Crippen molar-refractivity contribution in [2.75, 3.05) is 19.7 Å². The molecule has 9 heteroatoms. The highest BCUT2D eigenvalue weighted by Crippen LogP contribution is 2.31. The van der Waals surface area contributed by atoms with Crippen LogP contribution in [0, 0.1) is 19.3 Å². The monoisotopic (exact) mass is 476 g/mol. The van der Waals surface area contributed by atoms with E-state index in [1.54, 1.807) is 6.08 Å². The summed E-state index contributed by atoms with van der Waals surface area (Å²) in [7, 11) is 0. The van der Waals surface area contributed by atoms with Crippen LogP contribution >= 0.6 is 11.8 Å². The summed E-state index contributed by atoms with van der Waals surface area (Å²) in [5, 5.41) is 16.1. The molecule has 1 amide bonds. The molecule has 1 aromatic carbocycles. The minimum atomic E-state index is -0.398. The first-order valence-corrected chi connectivity index (χ1v) is 12.4. The molecule has 0 unspecified atom stereocenters. The highest BCUT2D eigenvalue weighted by Gasteiger charge is 2.37. The van der Waals surface area contributed by atoms with Crippen LogP contribution in [0.3, 0.4) is 0 Å². The van der Waals surface area contributed by atoms with Crippen LogP contribution in [0.25, 0.3) is 11.8 Å². The third-order valence-corrected chi connectivity index (χ3v) is 7.22. The number of aryl methyl sites for hydroxylation is 1. The van der Waals surface area contributed by atoms with E-state index in [0.29, 0.717) is 11.8 Å². The van der Waals surface area contributed by atoms with Crippen LogP contribution in [0.15, 0.2) is 46.0 Å². The molecule has 3 aliphatic heterocycles. The van der Waals surface area contributed by atoms with Crippen LogP contribution in [0.4, 0.5) is 0 Å². The molecule has 0 spiro atoms. The van der Waals surface area contributed by atoms with Gasteiger partial charge in [-0.3, -0.25) is 10.2 Å². The molecule has 1 N–H and O–H groups in total. The van der Waals surface area contributed by atoms with Gasteiger partial charge in [0.15, 0.2) is 11.0 Å². The topological polar surface area (TPSA) is 86.3 Å². The molecule has 34 heavy (non-hydrogen) atoms. The Bertz CT molecular complexity index is 1230. The van der Waals surface area contributed by atoms with E-state index in [0.717, 1.165) is 59.5 Å². The van der Waals surface area contributed by atoms with Gasteiger partial charge in [-0.1, -0.05) is 0 Å². The summed E-state index contributed by atoms with van der Waals surface area (Å²) < 4.78 is 7.69. The SMILES string of the molecule is CCOc1ccc(-n2c(C)cc(/C=C3\C(=N)N4N=C(N5CCCCC5)SC4=NC3=O)c2C)cc1. The van der Waals surface area contributed by atoms with Gasteiger partial charge in [0.2, 0.25) is 5.17 Å². The number of aliphatic imine (C=N–C) groups is 1. The average molecular weight is 477 g/mol. The molecular formula is C25H28N6O2S. The highest BCUT2D eigenvalue weighted by molar-refractivity contribution is 8.26. The van der Waals surface area contributed by atoms with E-state index >= 15 is 0 Å². The average Bonchev–Trinajstić information content (AvgIpc) is 3.38. The van der Waals surface area contributed by atoms with Crippen molar-refractivity contribution in [3.05, 3.63) is 52.9 Å². The van der Waals surface area contributed by atoms with E-state index in [-0.39, 0.29) is 11.4 Å².